The molecule has 24 heavy (non-hydrogen) atoms. The van der Waals surface area contributed by atoms with Gasteiger partial charge in [0.1, 0.15) is 4.75 Å². The van der Waals surface area contributed by atoms with Gasteiger partial charge in [0.15, 0.2) is 9.84 Å². The number of hydrogen-bond acceptors (Lipinski definition) is 6. The van der Waals surface area contributed by atoms with Crippen molar-refractivity contribution in [1.82, 2.24) is 5.16 Å². The number of amides is 1. The molecule has 0 saturated heterocycles. The van der Waals surface area contributed by atoms with E-state index >= 15 is 0 Å². The molecular formula is C16H24N2O5S. The molecule has 2 aliphatic carbocycles. The summed E-state index contributed by atoms with van der Waals surface area (Å²) in [5.74, 6) is -0.304. The lowest BCUT2D eigenvalue weighted by atomic mass is 9.87. The smallest absolute Gasteiger partial charge is 0.247 e. The number of nitrogens with one attached hydrogen (secondary N) is 1. The maximum atomic E-state index is 12.6. The van der Waals surface area contributed by atoms with Gasteiger partial charge in [-0.1, -0.05) is 11.6 Å². The largest absolute Gasteiger partial charge is 0.395 e. The standard InChI is InChI=1S/C16H24N2O5S/c1-15(2,24(21,22)9-11-4-3-5-11)14(20)17-13-8-12(18-23-13)16(10-19)6-7-16/h8,11,19H,3-7,9-10H2,1-2H3,(H,17,20). The van der Waals surface area contributed by atoms with E-state index in [1.807, 2.05) is 0 Å². The van der Waals surface area contributed by atoms with Crippen molar-refractivity contribution in [2.75, 3.05) is 17.7 Å². The van der Waals surface area contributed by atoms with E-state index in [4.69, 9.17) is 4.52 Å². The van der Waals surface area contributed by atoms with E-state index in [1.165, 1.54) is 13.8 Å². The first-order valence-electron chi connectivity index (χ1n) is 8.32. The number of aliphatic hydroxyl groups excluding tert-OH is 1. The minimum atomic E-state index is -3.57. The van der Waals surface area contributed by atoms with E-state index in [2.05, 4.69) is 10.5 Å². The molecule has 2 aliphatic rings. The van der Waals surface area contributed by atoms with Crippen LogP contribution in [0.15, 0.2) is 10.6 Å². The molecule has 0 atom stereocenters. The molecule has 1 aromatic heterocycles. The van der Waals surface area contributed by atoms with E-state index in [-0.39, 0.29) is 29.6 Å². The predicted molar refractivity (Wildman–Crippen MR) is 88.3 cm³/mol. The van der Waals surface area contributed by atoms with Crippen LogP contribution in [0.4, 0.5) is 5.88 Å². The monoisotopic (exact) mass is 356 g/mol. The Kier molecular flexibility index (Phi) is 4.24. The fraction of sp³-hybridized carbons (Fsp3) is 0.750. The summed E-state index contributed by atoms with van der Waals surface area (Å²) in [6.07, 6.45) is 4.52. The molecule has 0 unspecified atom stereocenters. The summed E-state index contributed by atoms with van der Waals surface area (Å²) >= 11 is 0. The number of carbonyl (C=O) groups excluding carboxylic acids is 1. The van der Waals surface area contributed by atoms with Crippen molar-refractivity contribution in [1.29, 1.82) is 0 Å². The number of aromatic nitrogens is 1. The van der Waals surface area contributed by atoms with Crippen molar-refractivity contribution in [3.63, 3.8) is 0 Å². The molecule has 0 radical (unpaired) electrons. The maximum absolute atomic E-state index is 12.6. The number of anilines is 1. The molecule has 2 saturated carbocycles. The quantitative estimate of drug-likeness (QED) is 0.768. The van der Waals surface area contributed by atoms with Crippen LogP contribution in [-0.2, 0) is 20.0 Å². The molecule has 3 rings (SSSR count). The molecule has 0 spiro atoms. The van der Waals surface area contributed by atoms with Crippen LogP contribution in [0.5, 0.6) is 0 Å². The number of nitrogens with zero attached hydrogens (tertiary/aromatic N) is 1. The van der Waals surface area contributed by atoms with Gasteiger partial charge in [0, 0.05) is 11.5 Å². The summed E-state index contributed by atoms with van der Waals surface area (Å²) in [6.45, 7) is 2.82. The van der Waals surface area contributed by atoms with Gasteiger partial charge in [-0.3, -0.25) is 10.1 Å². The fourth-order valence-corrected chi connectivity index (χ4v) is 4.52. The molecule has 2 N–H and O–H groups in total. The lowest BCUT2D eigenvalue weighted by Gasteiger charge is -2.30. The number of rotatable bonds is 7. The van der Waals surface area contributed by atoms with Gasteiger partial charge < -0.3 is 9.63 Å². The molecular weight excluding hydrogens is 332 g/mol. The van der Waals surface area contributed by atoms with Crippen LogP contribution in [0.1, 0.15) is 51.6 Å². The van der Waals surface area contributed by atoms with Gasteiger partial charge in [0.2, 0.25) is 11.8 Å². The van der Waals surface area contributed by atoms with Crippen molar-refractivity contribution in [2.45, 2.75) is 56.1 Å². The average molecular weight is 356 g/mol. The summed E-state index contributed by atoms with van der Waals surface area (Å²) in [7, 11) is -3.57. The Balaban J connectivity index is 1.69. The molecule has 7 nitrogen and oxygen atoms in total. The first-order valence-corrected chi connectivity index (χ1v) is 9.97. The van der Waals surface area contributed by atoms with Crippen LogP contribution in [0.25, 0.3) is 0 Å². The highest BCUT2D eigenvalue weighted by molar-refractivity contribution is 7.93. The third-order valence-electron chi connectivity index (χ3n) is 5.45. The highest BCUT2D eigenvalue weighted by atomic mass is 32.2. The van der Waals surface area contributed by atoms with E-state index in [0.29, 0.717) is 5.69 Å². The van der Waals surface area contributed by atoms with Crippen LogP contribution in [0, 0.1) is 5.92 Å². The third-order valence-corrected chi connectivity index (χ3v) is 8.10. The topological polar surface area (TPSA) is 110 Å². The zero-order valence-electron chi connectivity index (χ0n) is 14.0. The summed E-state index contributed by atoms with van der Waals surface area (Å²) in [6, 6.07) is 1.57. The molecule has 0 aliphatic heterocycles. The van der Waals surface area contributed by atoms with Crippen molar-refractivity contribution in [3.8, 4) is 0 Å². The third kappa shape index (κ3) is 2.97. The summed E-state index contributed by atoms with van der Waals surface area (Å²) in [5, 5.41) is 15.8. The second-order valence-electron chi connectivity index (χ2n) is 7.56. The highest BCUT2D eigenvalue weighted by Crippen LogP contribution is 2.47. The molecule has 1 amide bonds. The maximum Gasteiger partial charge on any atom is 0.247 e. The highest BCUT2D eigenvalue weighted by Gasteiger charge is 2.47. The van der Waals surface area contributed by atoms with E-state index in [1.54, 1.807) is 6.07 Å². The number of carbonyl (C=O) groups is 1. The average Bonchev–Trinajstić information content (AvgIpc) is 3.15. The Labute approximate surface area is 141 Å². The van der Waals surface area contributed by atoms with Crippen LogP contribution in [0.3, 0.4) is 0 Å². The molecule has 0 bridgehead atoms. The molecule has 1 aromatic rings. The minimum Gasteiger partial charge on any atom is -0.395 e. The predicted octanol–water partition coefficient (Wildman–Crippen LogP) is 1.63. The number of aliphatic hydroxyl groups is 1. The van der Waals surface area contributed by atoms with Crippen molar-refractivity contribution in [3.05, 3.63) is 11.8 Å². The van der Waals surface area contributed by atoms with Gasteiger partial charge in [0.05, 0.1) is 18.1 Å². The minimum absolute atomic E-state index is 0.0197. The van der Waals surface area contributed by atoms with Gasteiger partial charge in [-0.05, 0) is 45.4 Å². The van der Waals surface area contributed by atoms with Crippen LogP contribution >= 0.6 is 0 Å². The van der Waals surface area contributed by atoms with Crippen LogP contribution in [-0.4, -0.2) is 41.7 Å². The number of hydrogen-bond donors (Lipinski definition) is 2. The van der Waals surface area contributed by atoms with Crippen molar-refractivity contribution in [2.24, 2.45) is 5.92 Å². The Bertz CT molecular complexity index is 729. The second kappa shape index (κ2) is 5.84. The van der Waals surface area contributed by atoms with Gasteiger partial charge >= 0.3 is 0 Å². The summed E-state index contributed by atoms with van der Waals surface area (Å²) < 4.78 is 28.7. The SMILES string of the molecule is CC(C)(C(=O)Nc1cc(C2(CO)CC2)no1)S(=O)(=O)CC1CCC1. The van der Waals surface area contributed by atoms with Gasteiger partial charge in [-0.2, -0.15) is 0 Å². The Morgan fingerprint density at radius 3 is 2.62 bits per heavy atom. The molecule has 2 fully saturated rings. The molecule has 8 heteroatoms. The van der Waals surface area contributed by atoms with Gasteiger partial charge in [0.25, 0.3) is 0 Å². The van der Waals surface area contributed by atoms with Crippen LogP contribution in [0.2, 0.25) is 0 Å². The summed E-state index contributed by atoms with van der Waals surface area (Å²) in [5.41, 5.74) is 0.230. The van der Waals surface area contributed by atoms with Crippen molar-refractivity contribution < 1.29 is 22.8 Å². The van der Waals surface area contributed by atoms with E-state index < -0.39 is 20.5 Å². The fourth-order valence-electron chi connectivity index (χ4n) is 2.81. The molecule has 1 heterocycles. The lowest BCUT2D eigenvalue weighted by molar-refractivity contribution is -0.118. The van der Waals surface area contributed by atoms with Gasteiger partial charge in [-0.15, -0.1) is 0 Å². The summed E-state index contributed by atoms with van der Waals surface area (Å²) in [4.78, 5) is 12.5. The zero-order valence-corrected chi connectivity index (χ0v) is 14.9. The Morgan fingerprint density at radius 2 is 2.12 bits per heavy atom. The first-order chi connectivity index (χ1) is 11.2. The normalized spacial score (nSPS) is 20.5. The Hall–Kier alpha value is -1.41. The van der Waals surface area contributed by atoms with Crippen LogP contribution < -0.4 is 5.32 Å². The number of sulfone groups is 1. The second-order valence-corrected chi connectivity index (χ2v) is 10.1. The first kappa shape index (κ1) is 17.4. The zero-order chi connectivity index (χ0) is 17.6. The lowest BCUT2D eigenvalue weighted by Crippen LogP contribution is -2.47. The van der Waals surface area contributed by atoms with Gasteiger partial charge in [-0.25, -0.2) is 8.42 Å². The molecule has 134 valence electrons. The Morgan fingerprint density at radius 1 is 1.46 bits per heavy atom. The molecule has 0 aromatic carbocycles. The van der Waals surface area contributed by atoms with E-state index in [9.17, 15) is 18.3 Å². The van der Waals surface area contributed by atoms with E-state index in [0.717, 1.165) is 32.1 Å². The van der Waals surface area contributed by atoms with Crippen molar-refractivity contribution >= 4 is 21.6 Å².